The lowest BCUT2D eigenvalue weighted by molar-refractivity contribution is 0.0548. The van der Waals surface area contributed by atoms with Crippen LogP contribution in [0.4, 0.5) is 0 Å². The molecule has 0 atom stereocenters. The van der Waals surface area contributed by atoms with E-state index in [0.29, 0.717) is 5.56 Å². The number of aromatic amines is 1. The van der Waals surface area contributed by atoms with Crippen LogP contribution in [-0.4, -0.2) is 17.6 Å². The Morgan fingerprint density at radius 1 is 1.41 bits per heavy atom. The van der Waals surface area contributed by atoms with Crippen LogP contribution in [0.2, 0.25) is 0 Å². The van der Waals surface area contributed by atoms with Gasteiger partial charge in [0.15, 0.2) is 0 Å². The minimum Gasteiger partial charge on any atom is -0.458 e. The number of carbonyl (C=O) groups excluding carboxylic acids is 1. The summed E-state index contributed by atoms with van der Waals surface area (Å²) in [5.41, 5.74) is 2.96. The number of H-pyrrole nitrogens is 1. The second-order valence-electron chi connectivity index (χ2n) is 4.05. The molecular formula is C14H21NO2. The summed E-state index contributed by atoms with van der Waals surface area (Å²) < 4.78 is 5.08. The molecule has 0 aromatic carbocycles. The molecule has 0 spiro atoms. The van der Waals surface area contributed by atoms with Gasteiger partial charge in [-0.25, -0.2) is 4.79 Å². The summed E-state index contributed by atoms with van der Waals surface area (Å²) in [7, 11) is 0. The van der Waals surface area contributed by atoms with E-state index in [-0.39, 0.29) is 12.6 Å². The summed E-state index contributed by atoms with van der Waals surface area (Å²) in [5.74, 6) is -0.257. The second kappa shape index (κ2) is 6.94. The van der Waals surface area contributed by atoms with Crippen LogP contribution in [0.1, 0.15) is 48.3 Å². The van der Waals surface area contributed by atoms with E-state index in [9.17, 15) is 4.79 Å². The first-order valence-corrected chi connectivity index (χ1v) is 6.21. The Balaban J connectivity index is 2.89. The smallest absolute Gasteiger partial charge is 0.340 e. The van der Waals surface area contributed by atoms with Crippen molar-refractivity contribution in [2.45, 2.75) is 39.5 Å². The Hall–Kier alpha value is -1.51. The van der Waals surface area contributed by atoms with Crippen LogP contribution in [0.15, 0.2) is 18.9 Å². The minimum atomic E-state index is -0.257. The predicted molar refractivity (Wildman–Crippen MR) is 69.3 cm³/mol. The predicted octanol–water partition coefficient (Wildman–Crippen LogP) is 3.26. The third kappa shape index (κ3) is 3.48. The number of aromatic nitrogens is 1. The molecule has 0 aliphatic carbocycles. The maximum absolute atomic E-state index is 11.8. The molecular weight excluding hydrogens is 214 g/mol. The van der Waals surface area contributed by atoms with Gasteiger partial charge in [0, 0.05) is 11.9 Å². The molecule has 3 heteroatoms. The van der Waals surface area contributed by atoms with Crippen molar-refractivity contribution in [2.75, 3.05) is 6.61 Å². The molecule has 0 bridgehead atoms. The maximum atomic E-state index is 11.8. The van der Waals surface area contributed by atoms with Crippen molar-refractivity contribution >= 4 is 5.97 Å². The quantitative estimate of drug-likeness (QED) is 0.582. The standard InChI is InChI=1S/C14H21NO2/c1-4-7-11-12(14(16)17-9-6-3)10-15-13(11)8-5-2/h6,10,15H,3-5,7-9H2,1-2H3. The molecule has 1 aromatic heterocycles. The number of nitrogens with one attached hydrogen (secondary N) is 1. The Kier molecular flexibility index (Phi) is 5.53. The molecule has 0 aliphatic rings. The first kappa shape index (κ1) is 13.6. The SMILES string of the molecule is C=CCOC(=O)c1c[nH]c(CCC)c1CCC. The topological polar surface area (TPSA) is 42.1 Å². The molecule has 0 saturated heterocycles. The van der Waals surface area contributed by atoms with Gasteiger partial charge in [-0.2, -0.15) is 0 Å². The summed E-state index contributed by atoms with van der Waals surface area (Å²) in [6, 6.07) is 0. The molecule has 17 heavy (non-hydrogen) atoms. The van der Waals surface area contributed by atoms with Crippen LogP contribution in [0.5, 0.6) is 0 Å². The minimum absolute atomic E-state index is 0.257. The number of esters is 1. The van der Waals surface area contributed by atoms with E-state index in [0.717, 1.165) is 31.2 Å². The third-order valence-corrected chi connectivity index (χ3v) is 2.63. The molecule has 0 radical (unpaired) electrons. The van der Waals surface area contributed by atoms with Gasteiger partial charge in [0.2, 0.25) is 0 Å². The number of rotatable bonds is 7. The van der Waals surface area contributed by atoms with Crippen molar-refractivity contribution < 1.29 is 9.53 Å². The van der Waals surface area contributed by atoms with Crippen molar-refractivity contribution in [3.63, 3.8) is 0 Å². The highest BCUT2D eigenvalue weighted by Crippen LogP contribution is 2.19. The number of hydrogen-bond donors (Lipinski definition) is 1. The zero-order valence-corrected chi connectivity index (χ0v) is 10.7. The fourth-order valence-corrected chi connectivity index (χ4v) is 1.90. The van der Waals surface area contributed by atoms with Crippen LogP contribution in [0, 0.1) is 0 Å². The summed E-state index contributed by atoms with van der Waals surface area (Å²) in [4.78, 5) is 15.0. The van der Waals surface area contributed by atoms with E-state index in [2.05, 4.69) is 25.4 Å². The molecule has 1 aromatic rings. The number of hydrogen-bond acceptors (Lipinski definition) is 2. The summed E-state index contributed by atoms with van der Waals surface area (Å²) in [6.45, 7) is 8.04. The lowest BCUT2D eigenvalue weighted by atomic mass is 10.0. The van der Waals surface area contributed by atoms with Crippen molar-refractivity contribution in [1.29, 1.82) is 0 Å². The number of aryl methyl sites for hydroxylation is 1. The Bertz CT molecular complexity index is 380. The van der Waals surface area contributed by atoms with Crippen LogP contribution in [-0.2, 0) is 17.6 Å². The molecule has 0 fully saturated rings. The Morgan fingerprint density at radius 3 is 2.71 bits per heavy atom. The van der Waals surface area contributed by atoms with Gasteiger partial charge in [-0.1, -0.05) is 39.3 Å². The lowest BCUT2D eigenvalue weighted by Gasteiger charge is -2.05. The highest BCUT2D eigenvalue weighted by molar-refractivity contribution is 5.91. The highest BCUT2D eigenvalue weighted by Gasteiger charge is 2.17. The van der Waals surface area contributed by atoms with Crippen LogP contribution < -0.4 is 0 Å². The molecule has 94 valence electrons. The molecule has 1 heterocycles. The zero-order chi connectivity index (χ0) is 12.7. The summed E-state index contributed by atoms with van der Waals surface area (Å²) in [5, 5.41) is 0. The molecule has 0 aliphatic heterocycles. The van der Waals surface area contributed by atoms with Crippen molar-refractivity contribution in [1.82, 2.24) is 4.98 Å². The largest absolute Gasteiger partial charge is 0.458 e. The molecule has 1 N–H and O–H groups in total. The average Bonchev–Trinajstić information content (AvgIpc) is 2.71. The first-order valence-electron chi connectivity index (χ1n) is 6.21. The van der Waals surface area contributed by atoms with E-state index in [1.54, 1.807) is 12.3 Å². The maximum Gasteiger partial charge on any atom is 0.340 e. The molecule has 0 unspecified atom stereocenters. The van der Waals surface area contributed by atoms with Gasteiger partial charge in [0.05, 0.1) is 5.56 Å². The lowest BCUT2D eigenvalue weighted by Crippen LogP contribution is -2.07. The van der Waals surface area contributed by atoms with E-state index >= 15 is 0 Å². The zero-order valence-electron chi connectivity index (χ0n) is 10.7. The Morgan fingerprint density at radius 2 is 2.12 bits per heavy atom. The van der Waals surface area contributed by atoms with E-state index < -0.39 is 0 Å². The molecule has 3 nitrogen and oxygen atoms in total. The summed E-state index contributed by atoms with van der Waals surface area (Å²) in [6.07, 6.45) is 7.33. The Labute approximate surface area is 103 Å². The summed E-state index contributed by atoms with van der Waals surface area (Å²) >= 11 is 0. The van der Waals surface area contributed by atoms with E-state index in [4.69, 9.17) is 4.74 Å². The number of carbonyl (C=O) groups is 1. The second-order valence-corrected chi connectivity index (χ2v) is 4.05. The van der Waals surface area contributed by atoms with E-state index in [1.807, 2.05) is 0 Å². The van der Waals surface area contributed by atoms with Gasteiger partial charge >= 0.3 is 5.97 Å². The number of ether oxygens (including phenoxy) is 1. The van der Waals surface area contributed by atoms with Gasteiger partial charge < -0.3 is 9.72 Å². The van der Waals surface area contributed by atoms with Gasteiger partial charge in [-0.15, -0.1) is 0 Å². The average molecular weight is 235 g/mol. The van der Waals surface area contributed by atoms with Crippen LogP contribution >= 0.6 is 0 Å². The first-order chi connectivity index (χ1) is 8.24. The van der Waals surface area contributed by atoms with Crippen molar-refractivity contribution in [3.05, 3.63) is 35.7 Å². The van der Waals surface area contributed by atoms with Crippen molar-refractivity contribution in [3.8, 4) is 0 Å². The van der Waals surface area contributed by atoms with Gasteiger partial charge in [0.1, 0.15) is 6.61 Å². The fourth-order valence-electron chi connectivity index (χ4n) is 1.90. The van der Waals surface area contributed by atoms with Crippen LogP contribution in [0.3, 0.4) is 0 Å². The van der Waals surface area contributed by atoms with Crippen LogP contribution in [0.25, 0.3) is 0 Å². The fraction of sp³-hybridized carbons (Fsp3) is 0.500. The van der Waals surface area contributed by atoms with Gasteiger partial charge in [-0.3, -0.25) is 0 Å². The van der Waals surface area contributed by atoms with Crippen molar-refractivity contribution in [2.24, 2.45) is 0 Å². The van der Waals surface area contributed by atoms with Gasteiger partial charge in [0.25, 0.3) is 0 Å². The highest BCUT2D eigenvalue weighted by atomic mass is 16.5. The van der Waals surface area contributed by atoms with Gasteiger partial charge in [-0.05, 0) is 18.4 Å². The monoisotopic (exact) mass is 235 g/mol. The molecule has 1 rings (SSSR count). The normalized spacial score (nSPS) is 10.2. The van der Waals surface area contributed by atoms with E-state index in [1.165, 1.54) is 5.69 Å². The molecule has 0 saturated carbocycles. The molecule has 0 amide bonds. The third-order valence-electron chi connectivity index (χ3n) is 2.63.